The largest absolute Gasteiger partial charge is 0.395 e. The summed E-state index contributed by atoms with van der Waals surface area (Å²) in [6.45, 7) is 4.69. The molecule has 1 rings (SSSR count). The van der Waals surface area contributed by atoms with E-state index in [4.69, 9.17) is 5.11 Å². The summed E-state index contributed by atoms with van der Waals surface area (Å²) in [4.78, 5) is 0.961. The second-order valence-electron chi connectivity index (χ2n) is 3.97. The van der Waals surface area contributed by atoms with Crippen molar-refractivity contribution in [3.8, 4) is 0 Å². The number of hydrogen-bond donors (Lipinski definition) is 3. The molecular formula is C11H19NO2S. The third-order valence-corrected chi connectivity index (χ3v) is 3.42. The molecule has 0 saturated carbocycles. The molecule has 4 heteroatoms. The van der Waals surface area contributed by atoms with Gasteiger partial charge in [-0.2, -0.15) is 0 Å². The van der Waals surface area contributed by atoms with E-state index < -0.39 is 6.10 Å². The fraction of sp³-hybridized carbons (Fsp3) is 0.636. The molecule has 2 unspecified atom stereocenters. The molecule has 1 aromatic rings. The van der Waals surface area contributed by atoms with Gasteiger partial charge in [-0.25, -0.2) is 0 Å². The summed E-state index contributed by atoms with van der Waals surface area (Å²) < 4.78 is 0. The lowest BCUT2D eigenvalue weighted by Crippen LogP contribution is -2.39. The van der Waals surface area contributed by atoms with Gasteiger partial charge in [-0.05, 0) is 17.4 Å². The Balaban J connectivity index is 2.36. The summed E-state index contributed by atoms with van der Waals surface area (Å²) in [5.41, 5.74) is 0. The minimum absolute atomic E-state index is 0.0552. The number of rotatable bonds is 6. The fourth-order valence-corrected chi connectivity index (χ4v) is 2.07. The first-order valence-electron chi connectivity index (χ1n) is 5.21. The molecule has 86 valence electrons. The highest BCUT2D eigenvalue weighted by molar-refractivity contribution is 7.10. The summed E-state index contributed by atoms with van der Waals surface area (Å²) in [6, 6.07) is 3.90. The minimum Gasteiger partial charge on any atom is -0.395 e. The van der Waals surface area contributed by atoms with Gasteiger partial charge in [0.25, 0.3) is 0 Å². The molecule has 0 amide bonds. The third kappa shape index (κ3) is 3.91. The van der Waals surface area contributed by atoms with Gasteiger partial charge in [-0.3, -0.25) is 0 Å². The highest BCUT2D eigenvalue weighted by atomic mass is 32.1. The van der Waals surface area contributed by atoms with Crippen LogP contribution < -0.4 is 5.32 Å². The smallest absolute Gasteiger partial charge is 0.101 e. The van der Waals surface area contributed by atoms with Gasteiger partial charge in [0.1, 0.15) is 6.10 Å². The third-order valence-electron chi connectivity index (χ3n) is 2.45. The van der Waals surface area contributed by atoms with Gasteiger partial charge in [0.2, 0.25) is 0 Å². The van der Waals surface area contributed by atoms with Gasteiger partial charge in [-0.15, -0.1) is 11.3 Å². The molecule has 1 heterocycles. The molecule has 0 aliphatic rings. The molecule has 0 aliphatic heterocycles. The number of nitrogens with one attached hydrogen (secondary N) is 1. The highest BCUT2D eigenvalue weighted by Crippen LogP contribution is 2.18. The van der Waals surface area contributed by atoms with Crippen molar-refractivity contribution in [1.82, 2.24) is 5.32 Å². The highest BCUT2D eigenvalue weighted by Gasteiger charge is 2.14. The molecule has 0 fully saturated rings. The van der Waals surface area contributed by atoms with Gasteiger partial charge < -0.3 is 15.5 Å². The Morgan fingerprint density at radius 1 is 1.47 bits per heavy atom. The molecule has 0 radical (unpaired) electrons. The normalized spacial score (nSPS) is 15.5. The first kappa shape index (κ1) is 12.6. The summed E-state index contributed by atoms with van der Waals surface area (Å²) in [6.07, 6.45) is -0.474. The monoisotopic (exact) mass is 229 g/mol. The van der Waals surface area contributed by atoms with E-state index in [0.29, 0.717) is 12.5 Å². The lowest BCUT2D eigenvalue weighted by Gasteiger charge is -2.21. The van der Waals surface area contributed by atoms with Crippen molar-refractivity contribution in [2.75, 3.05) is 13.2 Å². The van der Waals surface area contributed by atoms with Crippen molar-refractivity contribution in [2.45, 2.75) is 26.0 Å². The maximum atomic E-state index is 9.80. The molecule has 0 aliphatic carbocycles. The van der Waals surface area contributed by atoms with Gasteiger partial charge >= 0.3 is 0 Å². The van der Waals surface area contributed by atoms with Crippen molar-refractivity contribution >= 4 is 11.3 Å². The van der Waals surface area contributed by atoms with Gasteiger partial charge in [0.05, 0.1) is 6.61 Å². The first-order chi connectivity index (χ1) is 7.15. The molecule has 0 spiro atoms. The molecule has 3 nitrogen and oxygen atoms in total. The maximum Gasteiger partial charge on any atom is 0.101 e. The number of thiophene rings is 1. The van der Waals surface area contributed by atoms with Crippen LogP contribution in [0.1, 0.15) is 24.8 Å². The lowest BCUT2D eigenvalue weighted by atomic mass is 10.1. The second kappa shape index (κ2) is 6.23. The van der Waals surface area contributed by atoms with Crippen LogP contribution in [0, 0.1) is 5.92 Å². The van der Waals surface area contributed by atoms with Crippen molar-refractivity contribution in [3.63, 3.8) is 0 Å². The Morgan fingerprint density at radius 2 is 2.20 bits per heavy atom. The zero-order valence-corrected chi connectivity index (χ0v) is 10.00. The first-order valence-corrected chi connectivity index (χ1v) is 6.08. The van der Waals surface area contributed by atoms with Crippen LogP contribution in [0.3, 0.4) is 0 Å². The quantitative estimate of drug-likeness (QED) is 0.691. The van der Waals surface area contributed by atoms with E-state index >= 15 is 0 Å². The average molecular weight is 229 g/mol. The standard InChI is InChI=1S/C11H19NO2S/c1-8(2)9(7-13)12-6-10(14)11-4-3-5-15-11/h3-5,8-10,12-14H,6-7H2,1-2H3. The molecular weight excluding hydrogens is 210 g/mol. The maximum absolute atomic E-state index is 9.80. The molecule has 0 saturated heterocycles. The average Bonchev–Trinajstić information content (AvgIpc) is 2.70. The van der Waals surface area contributed by atoms with E-state index in [2.05, 4.69) is 5.32 Å². The van der Waals surface area contributed by atoms with Crippen LogP contribution in [-0.2, 0) is 0 Å². The van der Waals surface area contributed by atoms with E-state index in [9.17, 15) is 5.11 Å². The predicted octanol–water partition coefficient (Wildman–Crippen LogP) is 1.39. The Bertz CT molecular complexity index is 262. The van der Waals surface area contributed by atoms with Crippen LogP contribution in [0.25, 0.3) is 0 Å². The SMILES string of the molecule is CC(C)C(CO)NCC(O)c1cccs1. The topological polar surface area (TPSA) is 52.5 Å². The van der Waals surface area contributed by atoms with Gasteiger partial charge in [-0.1, -0.05) is 19.9 Å². The minimum atomic E-state index is -0.474. The zero-order valence-electron chi connectivity index (χ0n) is 9.18. The van der Waals surface area contributed by atoms with Crippen molar-refractivity contribution in [3.05, 3.63) is 22.4 Å². The van der Waals surface area contributed by atoms with Crippen molar-refractivity contribution in [2.24, 2.45) is 5.92 Å². The summed E-state index contributed by atoms with van der Waals surface area (Å²) in [5.74, 6) is 0.366. The summed E-state index contributed by atoms with van der Waals surface area (Å²) in [5, 5.41) is 24.0. The second-order valence-corrected chi connectivity index (χ2v) is 4.95. The molecule has 3 N–H and O–H groups in total. The van der Waals surface area contributed by atoms with Crippen LogP contribution in [0.4, 0.5) is 0 Å². The molecule has 2 atom stereocenters. The molecule has 15 heavy (non-hydrogen) atoms. The molecule has 0 aromatic carbocycles. The van der Waals surface area contributed by atoms with Crippen LogP contribution in [-0.4, -0.2) is 29.4 Å². The Morgan fingerprint density at radius 3 is 2.67 bits per heavy atom. The van der Waals surface area contributed by atoms with E-state index in [1.165, 1.54) is 0 Å². The van der Waals surface area contributed by atoms with Crippen molar-refractivity contribution < 1.29 is 10.2 Å². The van der Waals surface area contributed by atoms with Crippen LogP contribution in [0.2, 0.25) is 0 Å². The van der Waals surface area contributed by atoms with E-state index in [1.807, 2.05) is 31.4 Å². The fourth-order valence-electron chi connectivity index (χ4n) is 1.36. The number of aliphatic hydroxyl groups is 2. The predicted molar refractivity (Wildman–Crippen MR) is 63.0 cm³/mol. The van der Waals surface area contributed by atoms with Crippen molar-refractivity contribution in [1.29, 1.82) is 0 Å². The van der Waals surface area contributed by atoms with Crippen LogP contribution in [0.5, 0.6) is 0 Å². The number of aliphatic hydroxyl groups excluding tert-OH is 2. The summed E-state index contributed by atoms with van der Waals surface area (Å²) >= 11 is 1.55. The molecule has 1 aromatic heterocycles. The Kier molecular flexibility index (Phi) is 5.25. The molecule has 0 bridgehead atoms. The van der Waals surface area contributed by atoms with E-state index in [0.717, 1.165) is 4.88 Å². The summed E-state index contributed by atoms with van der Waals surface area (Å²) in [7, 11) is 0. The van der Waals surface area contributed by atoms with Crippen LogP contribution >= 0.6 is 11.3 Å². The number of hydrogen-bond acceptors (Lipinski definition) is 4. The zero-order chi connectivity index (χ0) is 11.3. The lowest BCUT2D eigenvalue weighted by molar-refractivity contribution is 0.151. The Hall–Kier alpha value is -0.420. The van der Waals surface area contributed by atoms with E-state index in [1.54, 1.807) is 11.3 Å². The van der Waals surface area contributed by atoms with Crippen LogP contribution in [0.15, 0.2) is 17.5 Å². The van der Waals surface area contributed by atoms with Gasteiger partial charge in [0.15, 0.2) is 0 Å². The Labute approximate surface area is 94.8 Å². The van der Waals surface area contributed by atoms with Gasteiger partial charge in [0, 0.05) is 17.5 Å². The van der Waals surface area contributed by atoms with E-state index in [-0.39, 0.29) is 12.6 Å².